The van der Waals surface area contributed by atoms with Gasteiger partial charge in [-0.3, -0.25) is 19.3 Å². The van der Waals surface area contributed by atoms with Crippen molar-refractivity contribution in [2.24, 2.45) is 23.7 Å². The van der Waals surface area contributed by atoms with Gasteiger partial charge in [0.05, 0.1) is 18.4 Å². The molecule has 25 heavy (non-hydrogen) atoms. The number of halogens is 3. The summed E-state index contributed by atoms with van der Waals surface area (Å²) in [5, 5.41) is 9.65. The van der Waals surface area contributed by atoms with Crippen molar-refractivity contribution >= 4 is 17.7 Å². The highest BCUT2D eigenvalue weighted by Gasteiger charge is 2.60. The Labute approximate surface area is 141 Å². The highest BCUT2D eigenvalue weighted by Crippen LogP contribution is 2.52. The van der Waals surface area contributed by atoms with Crippen molar-refractivity contribution in [1.82, 2.24) is 9.80 Å². The molecule has 2 saturated heterocycles. The second kappa shape index (κ2) is 5.06. The fourth-order valence-corrected chi connectivity index (χ4v) is 4.59. The van der Waals surface area contributed by atoms with E-state index in [2.05, 4.69) is 0 Å². The summed E-state index contributed by atoms with van der Waals surface area (Å²) in [7, 11) is 0. The molecule has 2 heterocycles. The van der Waals surface area contributed by atoms with Crippen LogP contribution in [-0.4, -0.2) is 64.0 Å². The minimum absolute atomic E-state index is 0.00802. The van der Waals surface area contributed by atoms with Gasteiger partial charge in [-0.1, -0.05) is 12.2 Å². The largest absolute Gasteiger partial charge is 0.419 e. The molecule has 1 N–H and O–H groups in total. The summed E-state index contributed by atoms with van der Waals surface area (Å²) >= 11 is 0. The Balaban J connectivity index is 1.44. The summed E-state index contributed by atoms with van der Waals surface area (Å²) in [6, 6.07) is 0. The van der Waals surface area contributed by atoms with Gasteiger partial charge in [-0.15, -0.1) is 0 Å². The first-order valence-corrected chi connectivity index (χ1v) is 8.23. The van der Waals surface area contributed by atoms with Crippen molar-refractivity contribution in [2.75, 3.05) is 19.6 Å². The summed E-state index contributed by atoms with van der Waals surface area (Å²) in [4.78, 5) is 39.0. The number of carbonyl (C=O) groups excluding carboxylic acids is 3. The molecule has 0 spiro atoms. The van der Waals surface area contributed by atoms with Gasteiger partial charge in [0.15, 0.2) is 5.60 Å². The van der Waals surface area contributed by atoms with Gasteiger partial charge in [-0.05, 0) is 18.3 Å². The predicted molar refractivity (Wildman–Crippen MR) is 76.6 cm³/mol. The van der Waals surface area contributed by atoms with Gasteiger partial charge in [0, 0.05) is 13.0 Å². The fraction of sp³-hybridized carbons (Fsp3) is 0.688. The summed E-state index contributed by atoms with van der Waals surface area (Å²) in [5.41, 5.74) is -2.93. The second-order valence-corrected chi connectivity index (χ2v) is 7.36. The van der Waals surface area contributed by atoms with E-state index in [4.69, 9.17) is 0 Å². The molecule has 3 amide bonds. The maximum absolute atomic E-state index is 12.8. The van der Waals surface area contributed by atoms with E-state index in [1.54, 1.807) is 0 Å². The third-order valence-electron chi connectivity index (χ3n) is 5.98. The fourth-order valence-electron chi connectivity index (χ4n) is 4.59. The number of fused-ring (bicyclic) bond motifs is 5. The van der Waals surface area contributed by atoms with E-state index >= 15 is 0 Å². The second-order valence-electron chi connectivity index (χ2n) is 7.36. The number of amides is 3. The van der Waals surface area contributed by atoms with Gasteiger partial charge in [0.25, 0.3) is 0 Å². The molecule has 0 aromatic heterocycles. The van der Waals surface area contributed by atoms with Crippen molar-refractivity contribution in [1.29, 1.82) is 0 Å². The Hall–Kier alpha value is -1.90. The number of allylic oxidation sites excluding steroid dienone is 2. The van der Waals surface area contributed by atoms with E-state index in [-0.39, 0.29) is 18.4 Å². The molecule has 136 valence electrons. The number of imide groups is 1. The normalized spacial score (nSPS) is 39.7. The van der Waals surface area contributed by atoms with Crippen LogP contribution in [0, 0.1) is 23.7 Å². The molecule has 2 aliphatic heterocycles. The smallest absolute Gasteiger partial charge is 0.379 e. The molecule has 0 aromatic rings. The first kappa shape index (κ1) is 16.6. The van der Waals surface area contributed by atoms with Crippen LogP contribution >= 0.6 is 0 Å². The first-order chi connectivity index (χ1) is 11.6. The number of rotatable bonds is 2. The van der Waals surface area contributed by atoms with Crippen molar-refractivity contribution in [3.63, 3.8) is 0 Å². The third-order valence-corrected chi connectivity index (χ3v) is 5.98. The van der Waals surface area contributed by atoms with E-state index in [1.165, 1.54) is 0 Å². The number of carbonyl (C=O) groups is 3. The summed E-state index contributed by atoms with van der Waals surface area (Å²) in [6.45, 7) is -1.69. The molecular formula is C16H17F3N2O4. The van der Waals surface area contributed by atoms with E-state index < -0.39 is 60.8 Å². The van der Waals surface area contributed by atoms with E-state index in [0.29, 0.717) is 0 Å². The maximum atomic E-state index is 12.8. The molecular weight excluding hydrogens is 341 g/mol. The zero-order valence-electron chi connectivity index (χ0n) is 13.2. The Bertz CT molecular complexity index is 661. The molecule has 9 heteroatoms. The molecule has 3 fully saturated rings. The summed E-state index contributed by atoms with van der Waals surface area (Å²) in [6.07, 6.45) is -0.829. The molecule has 1 saturated carbocycles. The van der Waals surface area contributed by atoms with Crippen LogP contribution in [0.5, 0.6) is 0 Å². The number of hydrogen-bond acceptors (Lipinski definition) is 4. The van der Waals surface area contributed by atoms with Gasteiger partial charge >= 0.3 is 6.18 Å². The van der Waals surface area contributed by atoms with Crippen molar-refractivity contribution in [3.8, 4) is 0 Å². The molecule has 4 rings (SSSR count). The van der Waals surface area contributed by atoms with Crippen LogP contribution in [-0.2, 0) is 14.4 Å². The first-order valence-electron chi connectivity index (χ1n) is 8.23. The van der Waals surface area contributed by atoms with E-state index in [9.17, 15) is 32.7 Å². The van der Waals surface area contributed by atoms with Crippen molar-refractivity contribution < 1.29 is 32.7 Å². The van der Waals surface area contributed by atoms with Crippen LogP contribution in [0.2, 0.25) is 0 Å². The van der Waals surface area contributed by atoms with Gasteiger partial charge in [0.2, 0.25) is 17.7 Å². The maximum Gasteiger partial charge on any atom is 0.419 e. The van der Waals surface area contributed by atoms with E-state index in [1.807, 2.05) is 12.2 Å². The number of nitrogens with zero attached hydrogens (tertiary/aromatic N) is 2. The Morgan fingerprint density at radius 1 is 1.20 bits per heavy atom. The predicted octanol–water partition coefficient (Wildman–Crippen LogP) is 0.319. The van der Waals surface area contributed by atoms with Crippen LogP contribution in [0.1, 0.15) is 12.8 Å². The monoisotopic (exact) mass is 358 g/mol. The Morgan fingerprint density at radius 2 is 1.76 bits per heavy atom. The lowest BCUT2D eigenvalue weighted by molar-refractivity contribution is -0.253. The average Bonchev–Trinajstić information content (AvgIpc) is 3.26. The van der Waals surface area contributed by atoms with Crippen LogP contribution in [0.3, 0.4) is 0 Å². The lowest BCUT2D eigenvalue weighted by atomic mass is 9.85. The van der Waals surface area contributed by atoms with Crippen LogP contribution in [0.15, 0.2) is 12.2 Å². The quantitative estimate of drug-likeness (QED) is 0.570. The highest BCUT2D eigenvalue weighted by atomic mass is 19.4. The van der Waals surface area contributed by atoms with Crippen molar-refractivity contribution in [2.45, 2.75) is 24.6 Å². The SMILES string of the molecule is O=C(CN1C(=O)C2C3C=CC(C3)C2C1=O)N1CCC(O)(C(F)(F)F)C1. The molecule has 0 radical (unpaired) electrons. The van der Waals surface area contributed by atoms with Gasteiger partial charge in [-0.2, -0.15) is 13.2 Å². The lowest BCUT2D eigenvalue weighted by Gasteiger charge is -2.26. The Morgan fingerprint density at radius 3 is 2.24 bits per heavy atom. The van der Waals surface area contributed by atoms with E-state index in [0.717, 1.165) is 16.2 Å². The molecule has 4 aliphatic rings. The number of hydrogen-bond donors (Lipinski definition) is 1. The number of aliphatic hydroxyl groups is 1. The van der Waals surface area contributed by atoms with Gasteiger partial charge in [-0.25, -0.2) is 0 Å². The van der Waals surface area contributed by atoms with Crippen LogP contribution < -0.4 is 0 Å². The summed E-state index contributed by atoms with van der Waals surface area (Å²) in [5.74, 6) is -2.44. The molecule has 2 bridgehead atoms. The summed E-state index contributed by atoms with van der Waals surface area (Å²) < 4.78 is 38.5. The zero-order valence-corrected chi connectivity index (χ0v) is 13.2. The van der Waals surface area contributed by atoms with Gasteiger partial charge in [0.1, 0.15) is 6.54 Å². The van der Waals surface area contributed by atoms with Crippen LogP contribution in [0.4, 0.5) is 13.2 Å². The number of likely N-dealkylation sites (tertiary alicyclic amines) is 2. The van der Waals surface area contributed by atoms with Crippen molar-refractivity contribution in [3.05, 3.63) is 12.2 Å². The topological polar surface area (TPSA) is 77.9 Å². The molecule has 5 unspecified atom stereocenters. The van der Waals surface area contributed by atoms with Gasteiger partial charge < -0.3 is 10.0 Å². The zero-order chi connectivity index (χ0) is 18.1. The van der Waals surface area contributed by atoms with Crippen LogP contribution in [0.25, 0.3) is 0 Å². The standard InChI is InChI=1S/C16H17F3N2O4/c17-16(18,19)15(25)3-4-20(7-15)10(22)6-21-13(23)11-8-1-2-9(5-8)12(11)14(21)24/h1-2,8-9,11-12,25H,3-7H2. The minimum atomic E-state index is -4.83. The molecule has 6 nitrogen and oxygen atoms in total. The molecule has 2 aliphatic carbocycles. The third kappa shape index (κ3) is 2.24. The molecule has 5 atom stereocenters. The number of alkyl halides is 3. The average molecular weight is 358 g/mol. The highest BCUT2D eigenvalue weighted by molar-refractivity contribution is 6.08. The number of β-amino-alcohol motifs (C(OH)–C–C–N with tert-alkyl or cyclic N) is 1. The Kier molecular flexibility index (Phi) is 3.35. The molecule has 0 aromatic carbocycles. The minimum Gasteiger partial charge on any atom is -0.379 e. The lowest BCUT2D eigenvalue weighted by Crippen LogP contribution is -2.49.